The van der Waals surface area contributed by atoms with E-state index in [-0.39, 0.29) is 29.4 Å². The lowest BCUT2D eigenvalue weighted by Crippen LogP contribution is -2.18. The Morgan fingerprint density at radius 3 is 1.76 bits per heavy atom. The van der Waals surface area contributed by atoms with Crippen LogP contribution in [0.3, 0.4) is 0 Å². The number of benzene rings is 1. The summed E-state index contributed by atoms with van der Waals surface area (Å²) >= 11 is 0. The molecule has 0 saturated carbocycles. The fourth-order valence-electron chi connectivity index (χ4n) is 2.54. The van der Waals surface area contributed by atoms with Gasteiger partial charge in [0.1, 0.15) is 11.5 Å². The molecule has 2 N–H and O–H groups in total. The van der Waals surface area contributed by atoms with E-state index in [0.29, 0.717) is 18.6 Å². The summed E-state index contributed by atoms with van der Waals surface area (Å²) in [6, 6.07) is 3.42. The van der Waals surface area contributed by atoms with Gasteiger partial charge in [-0.05, 0) is 35.8 Å². The number of carbonyl (C=O) groups excluding carboxylic acids is 1. The third-order valence-corrected chi connectivity index (χ3v) is 3.95. The Hall–Kier alpha value is -2.04. The van der Waals surface area contributed by atoms with Gasteiger partial charge in [-0.3, -0.25) is 9.59 Å². The highest BCUT2D eigenvalue weighted by atomic mass is 16.5. The number of carbonyl (C=O) groups is 2. The molecule has 1 aromatic rings. The summed E-state index contributed by atoms with van der Waals surface area (Å²) in [7, 11) is 0. The van der Waals surface area contributed by atoms with Gasteiger partial charge in [0.2, 0.25) is 0 Å². The van der Waals surface area contributed by atoms with Crippen LogP contribution in [-0.4, -0.2) is 22.2 Å². The zero-order chi connectivity index (χ0) is 19.4. The van der Waals surface area contributed by atoms with E-state index in [1.54, 1.807) is 12.1 Å². The number of carboxylic acid groups (broad SMARTS) is 1. The SMILES string of the molecule is CC(C)(C)c1cc(OC(=O)CCCCC(=O)O)cc(C(C)(C)C)c1O. The molecule has 0 radical (unpaired) electrons. The molecule has 25 heavy (non-hydrogen) atoms. The van der Waals surface area contributed by atoms with Gasteiger partial charge >= 0.3 is 11.9 Å². The van der Waals surface area contributed by atoms with E-state index in [1.165, 1.54) is 0 Å². The second kappa shape index (κ2) is 7.89. The number of rotatable bonds is 6. The maximum Gasteiger partial charge on any atom is 0.311 e. The minimum atomic E-state index is -0.864. The Morgan fingerprint density at radius 2 is 1.36 bits per heavy atom. The summed E-state index contributed by atoms with van der Waals surface area (Å²) in [4.78, 5) is 22.5. The fourth-order valence-corrected chi connectivity index (χ4v) is 2.54. The van der Waals surface area contributed by atoms with Gasteiger partial charge in [0, 0.05) is 24.0 Å². The molecule has 0 unspecified atom stereocenters. The first kappa shape index (κ1) is 21.0. The van der Waals surface area contributed by atoms with Gasteiger partial charge in [-0.2, -0.15) is 0 Å². The van der Waals surface area contributed by atoms with Crippen LogP contribution in [0.4, 0.5) is 0 Å². The van der Waals surface area contributed by atoms with E-state index in [0.717, 1.165) is 11.1 Å². The molecule has 0 spiro atoms. The molecule has 5 heteroatoms. The molecule has 0 aliphatic heterocycles. The van der Waals surface area contributed by atoms with E-state index in [4.69, 9.17) is 9.84 Å². The number of aromatic hydroxyl groups is 1. The number of phenolic OH excluding ortho intramolecular Hbond substituents is 1. The predicted molar refractivity (Wildman–Crippen MR) is 97.2 cm³/mol. The second-order valence-electron chi connectivity index (χ2n) is 8.44. The van der Waals surface area contributed by atoms with Crippen molar-refractivity contribution in [3.8, 4) is 11.5 Å². The summed E-state index contributed by atoms with van der Waals surface area (Å²) in [6.07, 6.45) is 1.14. The summed E-state index contributed by atoms with van der Waals surface area (Å²) in [5.41, 5.74) is 0.865. The summed E-state index contributed by atoms with van der Waals surface area (Å²) in [5, 5.41) is 19.3. The van der Waals surface area contributed by atoms with Gasteiger partial charge in [0.25, 0.3) is 0 Å². The molecule has 0 heterocycles. The van der Waals surface area contributed by atoms with E-state index >= 15 is 0 Å². The Bertz CT molecular complexity index is 597. The standard InChI is InChI=1S/C20H30O5/c1-19(2,3)14-11-13(12-15(18(14)24)20(4,5)6)25-17(23)10-8-7-9-16(21)22/h11-12,24H,7-10H2,1-6H3,(H,21,22). The molecule has 1 rings (SSSR count). The van der Waals surface area contributed by atoms with Crippen molar-refractivity contribution < 1.29 is 24.5 Å². The average Bonchev–Trinajstić information content (AvgIpc) is 2.42. The Kier molecular flexibility index (Phi) is 6.63. The molecular formula is C20H30O5. The van der Waals surface area contributed by atoms with Crippen LogP contribution in [-0.2, 0) is 20.4 Å². The van der Waals surface area contributed by atoms with Gasteiger partial charge in [-0.25, -0.2) is 0 Å². The van der Waals surface area contributed by atoms with E-state index in [2.05, 4.69) is 0 Å². The number of unbranched alkanes of at least 4 members (excludes halogenated alkanes) is 1. The number of carboxylic acids is 1. The summed E-state index contributed by atoms with van der Waals surface area (Å²) < 4.78 is 5.45. The highest BCUT2D eigenvalue weighted by Crippen LogP contribution is 2.41. The molecule has 0 saturated heterocycles. The molecule has 0 amide bonds. The second-order valence-corrected chi connectivity index (χ2v) is 8.44. The molecule has 140 valence electrons. The minimum absolute atomic E-state index is 0.0504. The van der Waals surface area contributed by atoms with Crippen LogP contribution in [0.15, 0.2) is 12.1 Å². The number of hydrogen-bond donors (Lipinski definition) is 2. The third-order valence-electron chi connectivity index (χ3n) is 3.95. The van der Waals surface area contributed by atoms with Gasteiger partial charge in [0.15, 0.2) is 0 Å². The number of hydrogen-bond acceptors (Lipinski definition) is 4. The van der Waals surface area contributed by atoms with Gasteiger partial charge in [-0.1, -0.05) is 41.5 Å². The van der Waals surface area contributed by atoms with Crippen LogP contribution in [0.5, 0.6) is 11.5 Å². The molecule has 0 fully saturated rings. The van der Waals surface area contributed by atoms with E-state index in [1.807, 2.05) is 41.5 Å². The van der Waals surface area contributed by atoms with Crippen molar-refractivity contribution >= 4 is 11.9 Å². The molecular weight excluding hydrogens is 320 g/mol. The molecule has 1 aromatic carbocycles. The highest BCUT2D eigenvalue weighted by molar-refractivity contribution is 5.73. The molecule has 0 aliphatic carbocycles. The predicted octanol–water partition coefficient (Wildman–Crippen LogP) is 4.54. The average molecular weight is 350 g/mol. The number of ether oxygens (including phenoxy) is 1. The van der Waals surface area contributed by atoms with Crippen LogP contribution in [0.1, 0.15) is 78.4 Å². The van der Waals surface area contributed by atoms with Crippen molar-refractivity contribution in [1.82, 2.24) is 0 Å². The van der Waals surface area contributed by atoms with Crippen molar-refractivity contribution in [3.05, 3.63) is 23.3 Å². The highest BCUT2D eigenvalue weighted by Gasteiger charge is 2.27. The van der Waals surface area contributed by atoms with Crippen molar-refractivity contribution in [3.63, 3.8) is 0 Å². The fraction of sp³-hybridized carbons (Fsp3) is 0.600. The number of aliphatic carboxylic acids is 1. The molecule has 0 aromatic heterocycles. The maximum absolute atomic E-state index is 12.0. The van der Waals surface area contributed by atoms with Crippen LogP contribution in [0, 0.1) is 0 Å². The minimum Gasteiger partial charge on any atom is -0.507 e. The topological polar surface area (TPSA) is 83.8 Å². The van der Waals surface area contributed by atoms with Gasteiger partial charge < -0.3 is 14.9 Å². The number of esters is 1. The lowest BCUT2D eigenvalue weighted by atomic mass is 9.79. The Balaban J connectivity index is 3.00. The monoisotopic (exact) mass is 350 g/mol. The zero-order valence-electron chi connectivity index (χ0n) is 16.1. The van der Waals surface area contributed by atoms with Crippen LogP contribution < -0.4 is 4.74 Å². The summed E-state index contributed by atoms with van der Waals surface area (Å²) in [6.45, 7) is 12.0. The first-order valence-electron chi connectivity index (χ1n) is 8.63. The Morgan fingerprint density at radius 1 is 0.920 bits per heavy atom. The maximum atomic E-state index is 12.0. The van der Waals surface area contributed by atoms with Crippen molar-refractivity contribution in [1.29, 1.82) is 0 Å². The van der Waals surface area contributed by atoms with Gasteiger partial charge in [-0.15, -0.1) is 0 Å². The van der Waals surface area contributed by atoms with Crippen LogP contribution in [0.25, 0.3) is 0 Å². The van der Waals surface area contributed by atoms with E-state index in [9.17, 15) is 14.7 Å². The van der Waals surface area contributed by atoms with Gasteiger partial charge in [0.05, 0.1) is 0 Å². The van der Waals surface area contributed by atoms with Crippen LogP contribution in [0.2, 0.25) is 0 Å². The van der Waals surface area contributed by atoms with Crippen molar-refractivity contribution in [2.75, 3.05) is 0 Å². The van der Waals surface area contributed by atoms with Crippen LogP contribution >= 0.6 is 0 Å². The lowest BCUT2D eigenvalue weighted by molar-refractivity contribution is -0.138. The zero-order valence-corrected chi connectivity index (χ0v) is 16.1. The molecule has 0 atom stereocenters. The normalized spacial score (nSPS) is 12.1. The summed E-state index contributed by atoms with van der Waals surface area (Å²) in [5.74, 6) is -0.607. The largest absolute Gasteiger partial charge is 0.507 e. The third kappa shape index (κ3) is 6.40. The first-order valence-corrected chi connectivity index (χ1v) is 8.63. The Labute approximate surface area is 150 Å². The van der Waals surface area contributed by atoms with Crippen molar-refractivity contribution in [2.45, 2.75) is 78.1 Å². The molecule has 0 bridgehead atoms. The smallest absolute Gasteiger partial charge is 0.311 e. The lowest BCUT2D eigenvalue weighted by Gasteiger charge is -2.27. The molecule has 5 nitrogen and oxygen atoms in total. The molecule has 0 aliphatic rings. The quantitative estimate of drug-likeness (QED) is 0.447. The number of phenols is 1. The van der Waals surface area contributed by atoms with E-state index < -0.39 is 11.9 Å². The first-order chi connectivity index (χ1) is 11.3. The van der Waals surface area contributed by atoms with Crippen molar-refractivity contribution in [2.24, 2.45) is 0 Å².